The lowest BCUT2D eigenvalue weighted by molar-refractivity contribution is -0.0706. The van der Waals surface area contributed by atoms with Gasteiger partial charge in [0.05, 0.1) is 5.60 Å². The summed E-state index contributed by atoms with van der Waals surface area (Å²) in [5.74, 6) is 0.140. The summed E-state index contributed by atoms with van der Waals surface area (Å²) < 4.78 is 7.21. The van der Waals surface area contributed by atoms with Crippen molar-refractivity contribution >= 4 is 5.78 Å². The zero-order valence-electron chi connectivity index (χ0n) is 9.90. The first-order chi connectivity index (χ1) is 7.71. The first-order valence-electron chi connectivity index (χ1n) is 5.81. The van der Waals surface area contributed by atoms with Crippen LogP contribution in [0.25, 0.3) is 0 Å². The molecule has 4 heteroatoms. The summed E-state index contributed by atoms with van der Waals surface area (Å²) >= 11 is 0. The van der Waals surface area contributed by atoms with Gasteiger partial charge in [-0.15, -0.1) is 0 Å². The summed E-state index contributed by atoms with van der Waals surface area (Å²) in [6, 6.07) is 1.79. The number of hydrogen-bond acceptors (Lipinski definition) is 3. The van der Waals surface area contributed by atoms with E-state index in [4.69, 9.17) is 4.74 Å². The summed E-state index contributed by atoms with van der Waals surface area (Å²) in [5.41, 5.74) is 0.505. The molecule has 0 saturated heterocycles. The first kappa shape index (κ1) is 11.3. The van der Waals surface area contributed by atoms with Gasteiger partial charge in [0.1, 0.15) is 5.69 Å². The van der Waals surface area contributed by atoms with Gasteiger partial charge in [0, 0.05) is 26.3 Å². The lowest BCUT2D eigenvalue weighted by Crippen LogP contribution is -2.41. The number of aryl methyl sites for hydroxylation is 1. The van der Waals surface area contributed by atoms with Gasteiger partial charge >= 0.3 is 0 Å². The standard InChI is InChI=1S/C12H18N2O2/c1-3-14-10(5-8-13-14)11(15)9-12(16-2)6-4-7-12/h5,8H,3-4,6-7,9H2,1-2H3. The molecule has 4 nitrogen and oxygen atoms in total. The van der Waals surface area contributed by atoms with Crippen LogP contribution in [0.15, 0.2) is 12.3 Å². The van der Waals surface area contributed by atoms with Crippen molar-refractivity contribution in [3.8, 4) is 0 Å². The maximum absolute atomic E-state index is 12.1. The molecule has 2 rings (SSSR count). The summed E-state index contributed by atoms with van der Waals surface area (Å²) in [6.45, 7) is 2.72. The third-order valence-corrected chi connectivity index (χ3v) is 3.48. The molecule has 1 aromatic rings. The SMILES string of the molecule is CCn1nccc1C(=O)CC1(OC)CCC1. The van der Waals surface area contributed by atoms with Gasteiger partial charge in [-0.1, -0.05) is 0 Å². The molecular formula is C12H18N2O2. The van der Waals surface area contributed by atoms with E-state index in [9.17, 15) is 4.79 Å². The molecule has 1 aromatic heterocycles. The number of ketones is 1. The van der Waals surface area contributed by atoms with Crippen LogP contribution in [0, 0.1) is 0 Å². The predicted octanol–water partition coefficient (Wildman–Crippen LogP) is 2.04. The fourth-order valence-corrected chi connectivity index (χ4v) is 2.23. The van der Waals surface area contributed by atoms with E-state index in [1.165, 1.54) is 0 Å². The summed E-state index contributed by atoms with van der Waals surface area (Å²) in [6.07, 6.45) is 5.31. The molecule has 1 heterocycles. The highest BCUT2D eigenvalue weighted by atomic mass is 16.5. The number of rotatable bonds is 5. The fraction of sp³-hybridized carbons (Fsp3) is 0.667. The van der Waals surface area contributed by atoms with Crippen LogP contribution in [0.2, 0.25) is 0 Å². The number of Topliss-reactive ketones (excluding diaryl/α,β-unsaturated/α-hetero) is 1. The smallest absolute Gasteiger partial charge is 0.183 e. The highest BCUT2D eigenvalue weighted by molar-refractivity contribution is 5.95. The Hall–Kier alpha value is -1.16. The van der Waals surface area contributed by atoms with Crippen LogP contribution in [0.4, 0.5) is 0 Å². The van der Waals surface area contributed by atoms with Crippen molar-refractivity contribution in [1.82, 2.24) is 9.78 Å². The molecular weight excluding hydrogens is 204 g/mol. The second-order valence-electron chi connectivity index (χ2n) is 4.37. The molecule has 16 heavy (non-hydrogen) atoms. The maximum Gasteiger partial charge on any atom is 0.183 e. The average Bonchev–Trinajstić information content (AvgIpc) is 2.71. The number of aromatic nitrogens is 2. The number of ether oxygens (including phenoxy) is 1. The quantitative estimate of drug-likeness (QED) is 0.716. The van der Waals surface area contributed by atoms with E-state index in [0.29, 0.717) is 12.1 Å². The van der Waals surface area contributed by atoms with Gasteiger partial charge in [-0.2, -0.15) is 5.10 Å². The van der Waals surface area contributed by atoms with Crippen molar-refractivity contribution in [2.45, 2.75) is 44.8 Å². The lowest BCUT2D eigenvalue weighted by Gasteiger charge is -2.39. The van der Waals surface area contributed by atoms with E-state index in [2.05, 4.69) is 5.10 Å². The monoisotopic (exact) mass is 222 g/mol. The Labute approximate surface area is 95.6 Å². The van der Waals surface area contributed by atoms with Crippen LogP contribution in [0.1, 0.15) is 43.1 Å². The minimum absolute atomic E-state index is 0.140. The zero-order chi connectivity index (χ0) is 11.6. The molecule has 1 fully saturated rings. The van der Waals surface area contributed by atoms with Gasteiger partial charge in [0.2, 0.25) is 0 Å². The number of nitrogens with zero attached hydrogens (tertiary/aromatic N) is 2. The van der Waals surface area contributed by atoms with E-state index in [-0.39, 0.29) is 11.4 Å². The number of carbonyl (C=O) groups excluding carboxylic acids is 1. The first-order valence-corrected chi connectivity index (χ1v) is 5.81. The van der Waals surface area contributed by atoms with Crippen LogP contribution in [0.5, 0.6) is 0 Å². The van der Waals surface area contributed by atoms with Crippen LogP contribution in [-0.2, 0) is 11.3 Å². The summed E-state index contributed by atoms with van der Waals surface area (Å²) in [7, 11) is 1.70. The third-order valence-electron chi connectivity index (χ3n) is 3.48. The van der Waals surface area contributed by atoms with Crippen LogP contribution in [0.3, 0.4) is 0 Å². The molecule has 0 atom stereocenters. The largest absolute Gasteiger partial charge is 0.378 e. The van der Waals surface area contributed by atoms with Crippen LogP contribution in [-0.4, -0.2) is 28.3 Å². The van der Waals surface area contributed by atoms with E-state index >= 15 is 0 Å². The van der Waals surface area contributed by atoms with Crippen LogP contribution >= 0.6 is 0 Å². The Balaban J connectivity index is 2.08. The molecule has 1 aliphatic carbocycles. The Morgan fingerprint density at radius 3 is 2.88 bits per heavy atom. The molecule has 0 unspecified atom stereocenters. The molecule has 0 amide bonds. The van der Waals surface area contributed by atoms with Crippen molar-refractivity contribution in [2.24, 2.45) is 0 Å². The van der Waals surface area contributed by atoms with Crippen molar-refractivity contribution in [2.75, 3.05) is 7.11 Å². The van der Waals surface area contributed by atoms with Crippen molar-refractivity contribution in [3.05, 3.63) is 18.0 Å². The topological polar surface area (TPSA) is 44.1 Å². The lowest BCUT2D eigenvalue weighted by atomic mass is 9.76. The van der Waals surface area contributed by atoms with Gasteiger partial charge in [0.25, 0.3) is 0 Å². The number of carbonyl (C=O) groups is 1. The third kappa shape index (κ3) is 1.89. The second kappa shape index (κ2) is 4.37. The molecule has 0 aromatic carbocycles. The van der Waals surface area contributed by atoms with Gasteiger partial charge in [-0.25, -0.2) is 0 Å². The molecule has 0 bridgehead atoms. The fourth-order valence-electron chi connectivity index (χ4n) is 2.23. The molecule has 0 radical (unpaired) electrons. The van der Waals surface area contributed by atoms with Gasteiger partial charge < -0.3 is 4.74 Å². The average molecular weight is 222 g/mol. The molecule has 1 saturated carbocycles. The molecule has 88 valence electrons. The van der Waals surface area contributed by atoms with E-state index < -0.39 is 0 Å². The van der Waals surface area contributed by atoms with Gasteiger partial charge in [-0.05, 0) is 32.3 Å². The van der Waals surface area contributed by atoms with Crippen molar-refractivity contribution < 1.29 is 9.53 Å². The second-order valence-corrected chi connectivity index (χ2v) is 4.37. The minimum atomic E-state index is -0.195. The van der Waals surface area contributed by atoms with Gasteiger partial charge in [-0.3, -0.25) is 9.48 Å². The molecule has 0 N–H and O–H groups in total. The molecule has 0 aliphatic heterocycles. The summed E-state index contributed by atoms with van der Waals surface area (Å²) in [4.78, 5) is 12.1. The van der Waals surface area contributed by atoms with E-state index in [1.54, 1.807) is 24.1 Å². The molecule has 0 spiro atoms. The normalized spacial score (nSPS) is 18.1. The zero-order valence-corrected chi connectivity index (χ0v) is 9.90. The predicted molar refractivity (Wildman–Crippen MR) is 60.4 cm³/mol. The minimum Gasteiger partial charge on any atom is -0.378 e. The summed E-state index contributed by atoms with van der Waals surface area (Å²) in [5, 5.41) is 4.11. The highest BCUT2D eigenvalue weighted by Crippen LogP contribution is 2.38. The van der Waals surface area contributed by atoms with Crippen molar-refractivity contribution in [1.29, 1.82) is 0 Å². The Morgan fingerprint density at radius 1 is 1.62 bits per heavy atom. The number of hydrogen-bond donors (Lipinski definition) is 0. The number of methoxy groups -OCH3 is 1. The van der Waals surface area contributed by atoms with E-state index in [0.717, 1.165) is 25.8 Å². The highest BCUT2D eigenvalue weighted by Gasteiger charge is 2.39. The Morgan fingerprint density at radius 2 is 2.38 bits per heavy atom. The maximum atomic E-state index is 12.1. The van der Waals surface area contributed by atoms with Crippen LogP contribution < -0.4 is 0 Å². The van der Waals surface area contributed by atoms with Gasteiger partial charge in [0.15, 0.2) is 5.78 Å². The Kier molecular flexibility index (Phi) is 3.10. The Bertz CT molecular complexity index is 375. The molecule has 1 aliphatic rings. The van der Waals surface area contributed by atoms with E-state index in [1.807, 2.05) is 6.92 Å². The van der Waals surface area contributed by atoms with Crippen molar-refractivity contribution in [3.63, 3.8) is 0 Å².